The SMILES string of the molecule is O=C(O)CCNC(=O)Cc1ccc(NC(=O)CCNC(=O)Cc2ccc([N+](=O)[O-])cc2)cc1. The molecule has 0 unspecified atom stereocenters. The highest BCUT2D eigenvalue weighted by atomic mass is 16.6. The Balaban J connectivity index is 1.68. The van der Waals surface area contributed by atoms with E-state index in [1.54, 1.807) is 24.3 Å². The molecule has 174 valence electrons. The van der Waals surface area contributed by atoms with Gasteiger partial charge < -0.3 is 21.1 Å². The summed E-state index contributed by atoms with van der Waals surface area (Å²) < 4.78 is 0. The zero-order valence-corrected chi connectivity index (χ0v) is 17.7. The molecule has 0 bridgehead atoms. The number of carbonyl (C=O) groups excluding carboxylic acids is 3. The fourth-order valence-electron chi connectivity index (χ4n) is 2.79. The highest BCUT2D eigenvalue weighted by Gasteiger charge is 2.09. The minimum Gasteiger partial charge on any atom is -0.481 e. The summed E-state index contributed by atoms with van der Waals surface area (Å²) in [6.07, 6.45) is 0.0491. The monoisotopic (exact) mass is 456 g/mol. The van der Waals surface area contributed by atoms with Crippen LogP contribution in [0.4, 0.5) is 11.4 Å². The number of nitro benzene ring substituents is 1. The number of nitrogens with one attached hydrogen (secondary N) is 3. The van der Waals surface area contributed by atoms with Crippen molar-refractivity contribution in [2.75, 3.05) is 18.4 Å². The molecule has 0 aliphatic heterocycles. The van der Waals surface area contributed by atoms with Crippen LogP contribution in [-0.4, -0.2) is 46.8 Å². The molecule has 0 saturated heterocycles. The fraction of sp³-hybridized carbons (Fsp3) is 0.273. The Hall–Kier alpha value is -4.28. The minimum absolute atomic E-state index is 0.0466. The van der Waals surface area contributed by atoms with E-state index in [2.05, 4.69) is 16.0 Å². The summed E-state index contributed by atoms with van der Waals surface area (Å²) in [5, 5.41) is 27.0. The van der Waals surface area contributed by atoms with E-state index in [-0.39, 0.29) is 62.2 Å². The van der Waals surface area contributed by atoms with Gasteiger partial charge >= 0.3 is 5.97 Å². The summed E-state index contributed by atoms with van der Waals surface area (Å²) in [7, 11) is 0. The van der Waals surface area contributed by atoms with Gasteiger partial charge in [-0.15, -0.1) is 0 Å². The van der Waals surface area contributed by atoms with Crippen molar-refractivity contribution in [2.24, 2.45) is 0 Å². The maximum atomic E-state index is 12.1. The van der Waals surface area contributed by atoms with Crippen molar-refractivity contribution < 1.29 is 29.2 Å². The van der Waals surface area contributed by atoms with Crippen molar-refractivity contribution in [3.8, 4) is 0 Å². The van der Waals surface area contributed by atoms with Crippen molar-refractivity contribution in [1.29, 1.82) is 0 Å². The number of carboxylic acid groups (broad SMARTS) is 1. The molecule has 0 atom stereocenters. The summed E-state index contributed by atoms with van der Waals surface area (Å²) in [5.74, 6) is -1.88. The van der Waals surface area contributed by atoms with Crippen molar-refractivity contribution in [3.05, 3.63) is 69.8 Å². The number of nitro groups is 1. The largest absolute Gasteiger partial charge is 0.481 e. The van der Waals surface area contributed by atoms with E-state index in [1.807, 2.05) is 0 Å². The van der Waals surface area contributed by atoms with Crippen LogP contribution in [0.25, 0.3) is 0 Å². The lowest BCUT2D eigenvalue weighted by Crippen LogP contribution is -2.29. The molecule has 0 fully saturated rings. The average molecular weight is 456 g/mol. The van der Waals surface area contributed by atoms with Crippen LogP contribution in [-0.2, 0) is 32.0 Å². The number of nitrogens with zero attached hydrogens (tertiary/aromatic N) is 1. The zero-order valence-electron chi connectivity index (χ0n) is 17.7. The van der Waals surface area contributed by atoms with Crippen LogP contribution >= 0.6 is 0 Å². The van der Waals surface area contributed by atoms with Crippen LogP contribution in [0.5, 0.6) is 0 Å². The quantitative estimate of drug-likeness (QED) is 0.277. The molecule has 2 aromatic carbocycles. The zero-order chi connectivity index (χ0) is 24.2. The molecule has 0 saturated carbocycles. The second kappa shape index (κ2) is 12.5. The van der Waals surface area contributed by atoms with E-state index in [0.29, 0.717) is 16.8 Å². The van der Waals surface area contributed by atoms with Crippen molar-refractivity contribution in [3.63, 3.8) is 0 Å². The van der Waals surface area contributed by atoms with Gasteiger partial charge in [0.05, 0.1) is 24.2 Å². The highest BCUT2D eigenvalue weighted by Crippen LogP contribution is 2.12. The van der Waals surface area contributed by atoms with Crippen LogP contribution in [0.2, 0.25) is 0 Å². The molecular weight excluding hydrogens is 432 g/mol. The van der Waals surface area contributed by atoms with E-state index < -0.39 is 10.9 Å². The summed E-state index contributed by atoms with van der Waals surface area (Å²) in [4.78, 5) is 56.3. The molecule has 4 N–H and O–H groups in total. The van der Waals surface area contributed by atoms with E-state index in [9.17, 15) is 29.3 Å². The predicted molar refractivity (Wildman–Crippen MR) is 118 cm³/mol. The molecule has 0 aromatic heterocycles. The summed E-state index contributed by atoms with van der Waals surface area (Å²) >= 11 is 0. The van der Waals surface area contributed by atoms with Gasteiger partial charge in [-0.2, -0.15) is 0 Å². The van der Waals surface area contributed by atoms with Gasteiger partial charge in [0.2, 0.25) is 17.7 Å². The first-order valence-electron chi connectivity index (χ1n) is 10.1. The Morgan fingerprint density at radius 2 is 1.24 bits per heavy atom. The molecule has 0 spiro atoms. The molecule has 0 aliphatic rings. The third-order valence-corrected chi connectivity index (χ3v) is 4.45. The van der Waals surface area contributed by atoms with Gasteiger partial charge in [0, 0.05) is 37.3 Å². The Morgan fingerprint density at radius 1 is 0.758 bits per heavy atom. The third-order valence-electron chi connectivity index (χ3n) is 4.45. The first-order chi connectivity index (χ1) is 15.7. The summed E-state index contributed by atoms with van der Waals surface area (Å²) in [5.41, 5.74) is 1.81. The molecule has 11 nitrogen and oxygen atoms in total. The van der Waals surface area contributed by atoms with E-state index in [1.165, 1.54) is 24.3 Å². The van der Waals surface area contributed by atoms with Crippen molar-refractivity contribution in [1.82, 2.24) is 10.6 Å². The van der Waals surface area contributed by atoms with E-state index >= 15 is 0 Å². The number of amides is 3. The van der Waals surface area contributed by atoms with Crippen LogP contribution in [0.1, 0.15) is 24.0 Å². The second-order valence-corrected chi connectivity index (χ2v) is 7.12. The lowest BCUT2D eigenvalue weighted by molar-refractivity contribution is -0.384. The van der Waals surface area contributed by atoms with Gasteiger partial charge in [-0.3, -0.25) is 29.3 Å². The van der Waals surface area contributed by atoms with Gasteiger partial charge in [-0.05, 0) is 23.3 Å². The fourth-order valence-corrected chi connectivity index (χ4v) is 2.79. The molecule has 0 heterocycles. The van der Waals surface area contributed by atoms with Gasteiger partial charge in [0.15, 0.2) is 0 Å². The molecule has 2 aromatic rings. The average Bonchev–Trinajstić information content (AvgIpc) is 2.75. The Labute approximate surface area is 189 Å². The molecule has 33 heavy (non-hydrogen) atoms. The molecular formula is C22H24N4O7. The Kier molecular flexibility index (Phi) is 9.50. The standard InChI is InChI=1S/C22H24N4O7/c27-19(9-11-23-20(28)14-16-3-7-18(8-4-16)26(32)33)25-17-5-1-15(2-6-17)13-21(29)24-12-10-22(30)31/h1-8H,9-14H2,(H,23,28)(H,24,29)(H,25,27)(H,30,31). The Morgan fingerprint density at radius 3 is 1.73 bits per heavy atom. The first-order valence-corrected chi connectivity index (χ1v) is 10.1. The lowest BCUT2D eigenvalue weighted by Gasteiger charge is -2.08. The van der Waals surface area contributed by atoms with Crippen LogP contribution in [0, 0.1) is 10.1 Å². The maximum absolute atomic E-state index is 12.1. The number of aliphatic carboxylic acids is 1. The van der Waals surface area contributed by atoms with Gasteiger partial charge in [-0.1, -0.05) is 24.3 Å². The number of anilines is 1. The van der Waals surface area contributed by atoms with Crippen LogP contribution < -0.4 is 16.0 Å². The van der Waals surface area contributed by atoms with Crippen LogP contribution in [0.15, 0.2) is 48.5 Å². The first kappa shape index (κ1) is 25.0. The normalized spacial score (nSPS) is 10.2. The highest BCUT2D eigenvalue weighted by molar-refractivity contribution is 5.91. The predicted octanol–water partition coefficient (Wildman–Crippen LogP) is 1.42. The molecule has 0 aliphatic carbocycles. The van der Waals surface area contributed by atoms with E-state index in [0.717, 1.165) is 0 Å². The molecule has 0 radical (unpaired) electrons. The Bertz CT molecular complexity index is 1000. The maximum Gasteiger partial charge on any atom is 0.305 e. The van der Waals surface area contributed by atoms with Crippen molar-refractivity contribution in [2.45, 2.75) is 25.7 Å². The number of hydrogen-bond donors (Lipinski definition) is 4. The van der Waals surface area contributed by atoms with Crippen LogP contribution in [0.3, 0.4) is 0 Å². The molecule has 2 rings (SSSR count). The summed E-state index contributed by atoms with van der Waals surface area (Å²) in [6, 6.07) is 12.3. The number of carboxylic acids is 1. The third kappa shape index (κ3) is 9.59. The second-order valence-electron chi connectivity index (χ2n) is 7.12. The number of rotatable bonds is 12. The minimum atomic E-state index is -0.987. The topological polar surface area (TPSA) is 168 Å². The van der Waals surface area contributed by atoms with Gasteiger partial charge in [-0.25, -0.2) is 0 Å². The van der Waals surface area contributed by atoms with Gasteiger partial charge in [0.1, 0.15) is 0 Å². The number of hydrogen-bond acceptors (Lipinski definition) is 6. The molecule has 3 amide bonds. The van der Waals surface area contributed by atoms with Crippen molar-refractivity contribution >= 4 is 35.1 Å². The number of non-ortho nitro benzene ring substituents is 1. The van der Waals surface area contributed by atoms with Gasteiger partial charge in [0.25, 0.3) is 5.69 Å². The smallest absolute Gasteiger partial charge is 0.305 e. The number of benzene rings is 2. The number of carbonyl (C=O) groups is 4. The summed E-state index contributed by atoms with van der Waals surface area (Å²) in [6.45, 7) is 0.193. The molecule has 11 heteroatoms. The van der Waals surface area contributed by atoms with E-state index in [4.69, 9.17) is 5.11 Å². The lowest BCUT2D eigenvalue weighted by atomic mass is 10.1.